The summed E-state index contributed by atoms with van der Waals surface area (Å²) in [6, 6.07) is 0. The smallest absolute Gasteiger partial charge is 0.241 e. The fraction of sp³-hybridized carbons (Fsp3) is 0.625. The largest absolute Gasteiger partial charge is 0.546 e. The van der Waals surface area contributed by atoms with Gasteiger partial charge in [0.1, 0.15) is 5.03 Å². The molecule has 0 bridgehead atoms. The van der Waals surface area contributed by atoms with Crippen molar-refractivity contribution < 1.29 is 9.22 Å². The van der Waals surface area contributed by atoms with E-state index in [-0.39, 0.29) is 10.8 Å². The summed E-state index contributed by atoms with van der Waals surface area (Å²) in [6.07, 6.45) is 0. The van der Waals surface area contributed by atoms with Gasteiger partial charge in [0.25, 0.3) is 0 Å². The van der Waals surface area contributed by atoms with Crippen molar-refractivity contribution in [2.75, 3.05) is 0 Å². The lowest BCUT2D eigenvalue weighted by molar-refractivity contribution is -0.113. The number of hydrogen-bond acceptors (Lipinski definition) is 2. The van der Waals surface area contributed by atoms with Crippen LogP contribution >= 0.6 is 11.6 Å². The second-order valence-electron chi connectivity index (χ2n) is 3.64. The van der Waals surface area contributed by atoms with Crippen molar-refractivity contribution in [1.82, 2.24) is 0 Å². The summed E-state index contributed by atoms with van der Waals surface area (Å²) in [5.41, 5.74) is 0. The number of Topliss-reactive ketones (excluding diaryl/α,β-unsaturated/α-hetero) is 1. The molecule has 0 aliphatic rings. The van der Waals surface area contributed by atoms with Gasteiger partial charge >= 0.3 is 0 Å². The summed E-state index contributed by atoms with van der Waals surface area (Å²) in [4.78, 5) is 10.8. The molecule has 0 atom stereocenters. The van der Waals surface area contributed by atoms with Gasteiger partial charge in [-0.1, -0.05) is 11.6 Å². The molecule has 0 amide bonds. The standard InChI is InChI=1S/C8H15ClO2Si/c1-6(10)8(9)7(2)11-12(3,4)5/h1-5H3/b8-7-. The van der Waals surface area contributed by atoms with Crippen LogP contribution in [0.5, 0.6) is 0 Å². The van der Waals surface area contributed by atoms with E-state index in [1.165, 1.54) is 6.92 Å². The summed E-state index contributed by atoms with van der Waals surface area (Å²) in [6.45, 7) is 9.28. The Morgan fingerprint density at radius 3 is 1.92 bits per heavy atom. The van der Waals surface area contributed by atoms with Gasteiger partial charge in [0.05, 0.1) is 5.76 Å². The third-order valence-corrected chi connectivity index (χ3v) is 2.53. The van der Waals surface area contributed by atoms with E-state index in [0.717, 1.165) is 0 Å². The maximum Gasteiger partial charge on any atom is 0.241 e. The topological polar surface area (TPSA) is 26.3 Å². The van der Waals surface area contributed by atoms with Crippen LogP contribution in [-0.4, -0.2) is 14.1 Å². The van der Waals surface area contributed by atoms with Crippen LogP contribution in [-0.2, 0) is 9.22 Å². The molecule has 12 heavy (non-hydrogen) atoms. The highest BCUT2D eigenvalue weighted by atomic mass is 35.5. The van der Waals surface area contributed by atoms with Crippen molar-refractivity contribution in [2.45, 2.75) is 33.5 Å². The van der Waals surface area contributed by atoms with Crippen LogP contribution < -0.4 is 0 Å². The van der Waals surface area contributed by atoms with Crippen LogP contribution in [0.15, 0.2) is 10.8 Å². The van der Waals surface area contributed by atoms with Gasteiger partial charge < -0.3 is 4.43 Å². The normalized spacial score (nSPS) is 13.8. The lowest BCUT2D eigenvalue weighted by Crippen LogP contribution is -2.24. The zero-order valence-electron chi connectivity index (χ0n) is 8.19. The molecule has 0 aliphatic heterocycles. The van der Waals surface area contributed by atoms with Gasteiger partial charge in [-0.15, -0.1) is 0 Å². The number of rotatable bonds is 3. The first-order valence-corrected chi connectivity index (χ1v) is 7.59. The molecule has 0 N–H and O–H groups in total. The minimum Gasteiger partial charge on any atom is -0.546 e. The first-order chi connectivity index (χ1) is 5.24. The van der Waals surface area contributed by atoms with Crippen LogP contribution in [0.2, 0.25) is 19.6 Å². The van der Waals surface area contributed by atoms with Gasteiger partial charge in [-0.3, -0.25) is 4.79 Å². The Hall–Kier alpha value is -0.283. The third kappa shape index (κ3) is 4.57. The Bertz CT molecular complexity index is 216. The number of allylic oxidation sites excluding steroid dienone is 2. The number of hydrogen-bond donors (Lipinski definition) is 0. The number of ketones is 1. The van der Waals surface area contributed by atoms with Crippen LogP contribution in [0.1, 0.15) is 13.8 Å². The number of carbonyl (C=O) groups is 1. The van der Waals surface area contributed by atoms with Crippen molar-refractivity contribution in [3.63, 3.8) is 0 Å². The van der Waals surface area contributed by atoms with E-state index in [1.807, 2.05) is 19.6 Å². The van der Waals surface area contributed by atoms with Crippen LogP contribution in [0, 0.1) is 0 Å². The maximum absolute atomic E-state index is 10.8. The van der Waals surface area contributed by atoms with Crippen molar-refractivity contribution in [1.29, 1.82) is 0 Å². The van der Waals surface area contributed by atoms with E-state index in [9.17, 15) is 4.79 Å². The van der Waals surface area contributed by atoms with Gasteiger partial charge in [0.15, 0.2) is 5.78 Å². The fourth-order valence-corrected chi connectivity index (χ4v) is 1.88. The van der Waals surface area contributed by atoms with Crippen molar-refractivity contribution in [3.05, 3.63) is 10.8 Å². The van der Waals surface area contributed by atoms with Crippen molar-refractivity contribution in [2.24, 2.45) is 0 Å². The summed E-state index contributed by atoms with van der Waals surface area (Å²) in [5.74, 6) is 0.399. The molecular formula is C8H15ClO2Si. The molecule has 0 aromatic rings. The van der Waals surface area contributed by atoms with Gasteiger partial charge in [0.2, 0.25) is 8.32 Å². The summed E-state index contributed by atoms with van der Waals surface area (Å²) in [5, 5.41) is 0.206. The van der Waals surface area contributed by atoms with Crippen LogP contribution in [0.4, 0.5) is 0 Å². The molecule has 0 radical (unpaired) electrons. The molecule has 0 saturated heterocycles. The van der Waals surface area contributed by atoms with Gasteiger partial charge in [-0.05, 0) is 26.6 Å². The van der Waals surface area contributed by atoms with Gasteiger partial charge in [0, 0.05) is 6.92 Å². The molecule has 0 unspecified atom stereocenters. The molecule has 0 rings (SSSR count). The van der Waals surface area contributed by atoms with Crippen molar-refractivity contribution in [3.8, 4) is 0 Å². The Kier molecular flexibility index (Phi) is 4.00. The minimum atomic E-state index is -1.62. The first-order valence-electron chi connectivity index (χ1n) is 3.80. The number of halogens is 1. The average molecular weight is 207 g/mol. The Morgan fingerprint density at radius 2 is 1.67 bits per heavy atom. The quantitative estimate of drug-likeness (QED) is 0.403. The second kappa shape index (κ2) is 4.10. The average Bonchev–Trinajstić information content (AvgIpc) is 1.82. The lowest BCUT2D eigenvalue weighted by Gasteiger charge is -2.19. The predicted octanol–water partition coefficient (Wildman–Crippen LogP) is 2.90. The zero-order chi connectivity index (χ0) is 9.94. The summed E-state index contributed by atoms with van der Waals surface area (Å²) >= 11 is 5.70. The van der Waals surface area contributed by atoms with Gasteiger partial charge in [-0.2, -0.15) is 0 Å². The Labute approximate surface area is 79.7 Å². The molecule has 0 spiro atoms. The summed E-state index contributed by atoms with van der Waals surface area (Å²) < 4.78 is 5.53. The first kappa shape index (κ1) is 11.7. The Balaban J connectivity index is 4.49. The lowest BCUT2D eigenvalue weighted by atomic mass is 10.4. The SMILES string of the molecule is CC(=O)/C(Cl)=C(\C)O[Si](C)(C)C. The monoisotopic (exact) mass is 206 g/mol. The second-order valence-corrected chi connectivity index (χ2v) is 8.45. The molecule has 2 nitrogen and oxygen atoms in total. The van der Waals surface area contributed by atoms with E-state index in [1.54, 1.807) is 6.92 Å². The predicted molar refractivity (Wildman–Crippen MR) is 53.7 cm³/mol. The molecule has 0 fully saturated rings. The molecule has 0 heterocycles. The third-order valence-electron chi connectivity index (χ3n) is 1.08. The van der Waals surface area contributed by atoms with Crippen LogP contribution in [0.3, 0.4) is 0 Å². The molecule has 0 aromatic carbocycles. The highest BCUT2D eigenvalue weighted by Crippen LogP contribution is 2.16. The van der Waals surface area contributed by atoms with E-state index in [2.05, 4.69) is 0 Å². The van der Waals surface area contributed by atoms with E-state index in [0.29, 0.717) is 5.76 Å². The van der Waals surface area contributed by atoms with Gasteiger partial charge in [-0.25, -0.2) is 0 Å². The zero-order valence-corrected chi connectivity index (χ0v) is 9.95. The fourth-order valence-electron chi connectivity index (χ4n) is 0.752. The molecular weight excluding hydrogens is 192 g/mol. The molecule has 70 valence electrons. The Morgan fingerprint density at radius 1 is 1.25 bits per heavy atom. The molecule has 4 heteroatoms. The van der Waals surface area contributed by atoms with E-state index >= 15 is 0 Å². The highest BCUT2D eigenvalue weighted by molar-refractivity contribution is 6.70. The molecule has 0 aromatic heterocycles. The molecule has 0 saturated carbocycles. The minimum absolute atomic E-state index is 0.146. The number of carbonyl (C=O) groups excluding carboxylic acids is 1. The molecule has 0 aliphatic carbocycles. The maximum atomic E-state index is 10.8. The van der Waals surface area contributed by atoms with E-state index in [4.69, 9.17) is 16.0 Å². The highest BCUT2D eigenvalue weighted by Gasteiger charge is 2.18. The van der Waals surface area contributed by atoms with Crippen molar-refractivity contribution >= 4 is 25.7 Å². The van der Waals surface area contributed by atoms with Crippen LogP contribution in [0.25, 0.3) is 0 Å². The summed E-state index contributed by atoms with van der Waals surface area (Å²) in [7, 11) is -1.62. The van der Waals surface area contributed by atoms with E-state index < -0.39 is 8.32 Å².